The lowest BCUT2D eigenvalue weighted by atomic mass is 10.0. The van der Waals surface area contributed by atoms with E-state index >= 15 is 0 Å². The topological polar surface area (TPSA) is 174 Å². The summed E-state index contributed by atoms with van der Waals surface area (Å²) in [6.07, 6.45) is 4.26. The molecule has 16 heteroatoms. The first-order chi connectivity index (χ1) is 23.8. The van der Waals surface area contributed by atoms with Gasteiger partial charge in [0.15, 0.2) is 16.5 Å². The van der Waals surface area contributed by atoms with Gasteiger partial charge in [-0.3, -0.25) is 9.52 Å². The smallest absolute Gasteiger partial charge is 0.321 e. The van der Waals surface area contributed by atoms with Gasteiger partial charge in [0, 0.05) is 63.3 Å². The molecule has 2 aliphatic rings. The zero-order valence-corrected chi connectivity index (χ0v) is 29.8. The van der Waals surface area contributed by atoms with Crippen molar-refractivity contribution in [3.05, 3.63) is 54.5 Å². The third-order valence-corrected chi connectivity index (χ3v) is 9.95. The number of ether oxygens (including phenoxy) is 4. The van der Waals surface area contributed by atoms with Gasteiger partial charge >= 0.3 is 6.03 Å². The molecule has 0 bridgehead atoms. The maximum Gasteiger partial charge on any atom is 0.321 e. The minimum Gasteiger partial charge on any atom is -0.490 e. The highest BCUT2D eigenvalue weighted by Gasteiger charge is 2.31. The van der Waals surface area contributed by atoms with E-state index < -0.39 is 28.1 Å². The highest BCUT2D eigenvalue weighted by molar-refractivity contribution is 7.92. The van der Waals surface area contributed by atoms with Crippen molar-refractivity contribution >= 4 is 33.3 Å². The van der Waals surface area contributed by atoms with Crippen molar-refractivity contribution in [2.24, 2.45) is 13.0 Å². The number of rotatable bonds is 8. The summed E-state index contributed by atoms with van der Waals surface area (Å²) in [6.45, 7) is 6.21. The number of likely N-dealkylation sites (N-methyl/N-ethyl adjacent to an activating group) is 1. The Labute approximate surface area is 292 Å². The molecule has 4 atom stereocenters. The fraction of sp³-hybridized carbons (Fsp3) is 0.500. The van der Waals surface area contributed by atoms with Crippen LogP contribution in [0.4, 0.5) is 16.2 Å². The van der Waals surface area contributed by atoms with E-state index in [4.69, 9.17) is 18.9 Å². The first-order valence-corrected chi connectivity index (χ1v) is 18.1. The molecule has 0 aliphatic carbocycles. The number of anilines is 2. The van der Waals surface area contributed by atoms with Crippen molar-refractivity contribution in [1.29, 1.82) is 0 Å². The Morgan fingerprint density at radius 2 is 1.84 bits per heavy atom. The highest BCUT2D eigenvalue weighted by atomic mass is 32.2. The van der Waals surface area contributed by atoms with Crippen LogP contribution >= 0.6 is 0 Å². The number of benzene rings is 2. The quantitative estimate of drug-likeness (QED) is 0.311. The summed E-state index contributed by atoms with van der Waals surface area (Å²) in [5.74, 6) is 0.723. The van der Waals surface area contributed by atoms with E-state index in [2.05, 4.69) is 15.0 Å². The van der Waals surface area contributed by atoms with Crippen LogP contribution in [0.25, 0.3) is 0 Å². The maximum atomic E-state index is 14.4. The molecule has 1 aromatic heterocycles. The van der Waals surface area contributed by atoms with E-state index in [0.29, 0.717) is 36.0 Å². The van der Waals surface area contributed by atoms with E-state index in [0.717, 1.165) is 12.8 Å². The number of sulfonamides is 1. The standard InChI is InChI=1S/C34H46N6O9S/c1-22-16-40(23(2)19-41)33(42)27-14-26(37-50(44,45)32-18-38(4)20-35-32)10-11-28(27)49-24(3)8-6-7-13-46-31(22)17-39(5)34(43)36-25-9-12-29-30(15-25)48-21-47-29/h9-12,14-15,18,20,22-24,31,37,41H,6-8,13,16-17,19,21H2,1-5H3,(H,36,43)/t22-,23+,24-,31+/m0/s1. The molecule has 3 amide bonds. The molecular formula is C34H46N6O9S. The molecule has 0 saturated carbocycles. The number of hydrogen-bond acceptors (Lipinski definition) is 10. The number of imidazole rings is 1. The molecule has 0 unspecified atom stereocenters. The Balaban J connectivity index is 1.38. The minimum absolute atomic E-state index is 0.126. The van der Waals surface area contributed by atoms with Crippen LogP contribution in [0.3, 0.4) is 0 Å². The summed E-state index contributed by atoms with van der Waals surface area (Å²) >= 11 is 0. The number of hydrogen-bond donors (Lipinski definition) is 3. The number of nitrogens with one attached hydrogen (secondary N) is 2. The molecule has 3 heterocycles. The molecule has 2 aliphatic heterocycles. The van der Waals surface area contributed by atoms with Crippen molar-refractivity contribution in [1.82, 2.24) is 19.4 Å². The van der Waals surface area contributed by atoms with E-state index in [1.807, 2.05) is 13.8 Å². The van der Waals surface area contributed by atoms with Gasteiger partial charge in [0.05, 0.1) is 36.7 Å². The molecule has 0 radical (unpaired) electrons. The molecule has 272 valence electrons. The molecule has 0 saturated heterocycles. The summed E-state index contributed by atoms with van der Waals surface area (Å²) in [4.78, 5) is 34.6. The number of aliphatic hydroxyl groups is 1. The average molecular weight is 715 g/mol. The third-order valence-electron chi connectivity index (χ3n) is 8.68. The second-order valence-electron chi connectivity index (χ2n) is 12.9. The van der Waals surface area contributed by atoms with Gasteiger partial charge in [0.1, 0.15) is 5.75 Å². The average Bonchev–Trinajstić information content (AvgIpc) is 3.75. The van der Waals surface area contributed by atoms with Gasteiger partial charge in [-0.1, -0.05) is 6.92 Å². The Bertz CT molecular complexity index is 1770. The lowest BCUT2D eigenvalue weighted by Crippen LogP contribution is -2.48. The Kier molecular flexibility index (Phi) is 11.8. The Morgan fingerprint density at radius 3 is 2.58 bits per heavy atom. The summed E-state index contributed by atoms with van der Waals surface area (Å²) in [5, 5.41) is 13.0. The lowest BCUT2D eigenvalue weighted by Gasteiger charge is -2.35. The van der Waals surface area contributed by atoms with Gasteiger partial charge in [0.2, 0.25) is 6.79 Å². The van der Waals surface area contributed by atoms with Crippen LogP contribution < -0.4 is 24.2 Å². The fourth-order valence-corrected chi connectivity index (χ4v) is 6.76. The summed E-state index contributed by atoms with van der Waals surface area (Å²) < 4.78 is 53.6. The molecule has 3 N–H and O–H groups in total. The zero-order valence-electron chi connectivity index (χ0n) is 29.0. The predicted octanol–water partition coefficient (Wildman–Crippen LogP) is 3.91. The van der Waals surface area contributed by atoms with Crippen molar-refractivity contribution in [2.75, 3.05) is 50.2 Å². The van der Waals surface area contributed by atoms with Crippen LogP contribution in [0.1, 0.15) is 50.4 Å². The Hall–Kier alpha value is -4.54. The predicted molar refractivity (Wildman–Crippen MR) is 185 cm³/mol. The fourth-order valence-electron chi connectivity index (χ4n) is 5.73. The normalized spacial score (nSPS) is 20.6. The Morgan fingerprint density at radius 1 is 1.10 bits per heavy atom. The van der Waals surface area contributed by atoms with Crippen LogP contribution in [-0.4, -0.2) is 103 Å². The van der Waals surface area contributed by atoms with Crippen molar-refractivity contribution < 1.29 is 42.1 Å². The summed E-state index contributed by atoms with van der Waals surface area (Å²) in [5.41, 5.74) is 0.845. The van der Waals surface area contributed by atoms with Gasteiger partial charge in [0.25, 0.3) is 15.9 Å². The monoisotopic (exact) mass is 714 g/mol. The number of aliphatic hydroxyl groups excluding tert-OH is 1. The van der Waals surface area contributed by atoms with E-state index in [1.165, 1.54) is 33.0 Å². The third kappa shape index (κ3) is 8.97. The van der Waals surface area contributed by atoms with Crippen molar-refractivity contribution in [3.63, 3.8) is 0 Å². The van der Waals surface area contributed by atoms with E-state index in [-0.39, 0.29) is 60.8 Å². The highest BCUT2D eigenvalue weighted by Crippen LogP contribution is 2.34. The number of fused-ring (bicyclic) bond motifs is 2. The van der Waals surface area contributed by atoms with Gasteiger partial charge < -0.3 is 43.7 Å². The number of carbonyl (C=O) groups excluding carboxylic acids is 2. The molecule has 5 rings (SSSR count). The van der Waals surface area contributed by atoms with Gasteiger partial charge in [-0.05, 0) is 63.4 Å². The zero-order chi connectivity index (χ0) is 36.0. The van der Waals surface area contributed by atoms with E-state index in [9.17, 15) is 23.1 Å². The van der Waals surface area contributed by atoms with Gasteiger partial charge in [-0.25, -0.2) is 9.78 Å². The maximum absolute atomic E-state index is 14.4. The van der Waals surface area contributed by atoms with Crippen LogP contribution in [0, 0.1) is 5.92 Å². The summed E-state index contributed by atoms with van der Waals surface area (Å²) in [6, 6.07) is 8.78. The molecule has 0 spiro atoms. The number of carbonyl (C=O) groups is 2. The van der Waals surface area contributed by atoms with Gasteiger partial charge in [-0.2, -0.15) is 8.42 Å². The number of urea groups is 1. The van der Waals surface area contributed by atoms with E-state index in [1.54, 1.807) is 51.4 Å². The summed E-state index contributed by atoms with van der Waals surface area (Å²) in [7, 11) is -0.706. The van der Waals surface area contributed by atoms with Crippen molar-refractivity contribution in [2.45, 2.75) is 63.3 Å². The number of aryl methyl sites for hydroxylation is 1. The molecule has 15 nitrogen and oxygen atoms in total. The molecular weight excluding hydrogens is 668 g/mol. The molecule has 3 aromatic rings. The molecule has 2 aromatic carbocycles. The first kappa shape index (κ1) is 36.7. The number of amides is 3. The van der Waals surface area contributed by atoms with Crippen LogP contribution in [0.5, 0.6) is 17.2 Å². The molecule has 0 fully saturated rings. The second kappa shape index (κ2) is 16.0. The van der Waals surface area contributed by atoms with Crippen LogP contribution in [0.2, 0.25) is 0 Å². The van der Waals surface area contributed by atoms with Crippen molar-refractivity contribution in [3.8, 4) is 17.2 Å². The largest absolute Gasteiger partial charge is 0.490 e. The van der Waals surface area contributed by atoms with Crippen LogP contribution in [0.15, 0.2) is 53.9 Å². The van der Waals surface area contributed by atoms with Crippen LogP contribution in [-0.2, 0) is 21.8 Å². The number of nitrogens with zero attached hydrogens (tertiary/aromatic N) is 4. The minimum atomic E-state index is -4.04. The number of aromatic nitrogens is 2. The second-order valence-corrected chi connectivity index (χ2v) is 14.5. The molecule has 50 heavy (non-hydrogen) atoms. The first-order valence-electron chi connectivity index (χ1n) is 16.6. The SMILES string of the molecule is C[C@H](CO)N1C[C@H](C)[C@@H](CN(C)C(=O)Nc2ccc3c(c2)OCO3)OCCCC[C@H](C)Oc2ccc(NS(=O)(=O)c3cn(C)cn3)cc2C1=O. The lowest BCUT2D eigenvalue weighted by molar-refractivity contribution is -0.0115. The van der Waals surface area contributed by atoms with Gasteiger partial charge in [-0.15, -0.1) is 0 Å².